The van der Waals surface area contributed by atoms with Crippen LogP contribution in [0.1, 0.15) is 15.9 Å². The first-order valence-electron chi connectivity index (χ1n) is 8.34. The van der Waals surface area contributed by atoms with Gasteiger partial charge in [-0.15, -0.1) is 0 Å². The van der Waals surface area contributed by atoms with E-state index in [2.05, 4.69) is 5.32 Å². The Bertz CT molecular complexity index is 1020. The van der Waals surface area contributed by atoms with E-state index in [4.69, 9.17) is 27.9 Å². The third-order valence-corrected chi connectivity index (χ3v) is 6.90. The summed E-state index contributed by atoms with van der Waals surface area (Å²) >= 11 is 12.2. The van der Waals surface area contributed by atoms with Crippen molar-refractivity contribution < 1.29 is 22.3 Å². The molecule has 28 heavy (non-hydrogen) atoms. The lowest BCUT2D eigenvalue weighted by atomic mass is 10.2. The van der Waals surface area contributed by atoms with Crippen molar-refractivity contribution in [2.45, 2.75) is 11.8 Å². The maximum Gasteiger partial charge on any atom is 0.257 e. The van der Waals surface area contributed by atoms with Crippen LogP contribution in [0.3, 0.4) is 0 Å². The summed E-state index contributed by atoms with van der Waals surface area (Å²) in [7, 11) is -3.94. The van der Waals surface area contributed by atoms with Gasteiger partial charge in [-0.2, -0.15) is 4.31 Å². The van der Waals surface area contributed by atoms with Crippen LogP contribution in [-0.4, -0.2) is 44.9 Å². The highest BCUT2D eigenvalue weighted by Gasteiger charge is 2.30. The second-order valence-corrected chi connectivity index (χ2v) is 8.94. The Morgan fingerprint density at radius 2 is 1.82 bits per heavy atom. The van der Waals surface area contributed by atoms with E-state index in [1.54, 1.807) is 13.0 Å². The summed E-state index contributed by atoms with van der Waals surface area (Å²) in [6.07, 6.45) is 0. The van der Waals surface area contributed by atoms with Crippen LogP contribution in [-0.2, 0) is 14.8 Å². The minimum Gasteiger partial charge on any atom is -0.379 e. The zero-order valence-corrected chi connectivity index (χ0v) is 17.2. The van der Waals surface area contributed by atoms with E-state index in [9.17, 15) is 17.6 Å². The predicted octanol–water partition coefficient (Wildman–Crippen LogP) is 3.71. The third kappa shape index (κ3) is 4.31. The van der Waals surface area contributed by atoms with Gasteiger partial charge in [-0.25, -0.2) is 12.8 Å². The minimum atomic E-state index is -3.94. The van der Waals surface area contributed by atoms with Gasteiger partial charge in [-0.1, -0.05) is 29.3 Å². The summed E-state index contributed by atoms with van der Waals surface area (Å²) in [6, 6.07) is 6.62. The van der Waals surface area contributed by atoms with Crippen molar-refractivity contribution in [3.63, 3.8) is 0 Å². The molecule has 1 heterocycles. The van der Waals surface area contributed by atoms with E-state index < -0.39 is 21.7 Å². The van der Waals surface area contributed by atoms with Crippen molar-refractivity contribution in [1.82, 2.24) is 4.31 Å². The van der Waals surface area contributed by atoms with Gasteiger partial charge in [0.05, 0.1) is 34.5 Å². The molecule has 0 unspecified atom stereocenters. The van der Waals surface area contributed by atoms with E-state index in [-0.39, 0.29) is 52.5 Å². The number of aryl methyl sites for hydroxylation is 1. The Morgan fingerprint density at radius 3 is 2.46 bits per heavy atom. The topological polar surface area (TPSA) is 75.7 Å². The molecule has 0 radical (unpaired) electrons. The first-order chi connectivity index (χ1) is 13.2. The average Bonchev–Trinajstić information content (AvgIpc) is 2.64. The van der Waals surface area contributed by atoms with Gasteiger partial charge in [0.2, 0.25) is 10.0 Å². The number of anilines is 1. The van der Waals surface area contributed by atoms with Gasteiger partial charge in [0.15, 0.2) is 0 Å². The minimum absolute atomic E-state index is 0.0424. The number of sulfonamides is 1. The number of carbonyl (C=O) groups excluding carboxylic acids is 1. The number of nitrogens with zero attached hydrogens (tertiary/aromatic N) is 1. The van der Waals surface area contributed by atoms with Crippen molar-refractivity contribution >= 4 is 44.8 Å². The Balaban J connectivity index is 1.95. The number of ether oxygens (including phenoxy) is 1. The SMILES string of the molecule is Cc1ccc(NC(=O)c2cc(S(=O)(=O)N3CCOCC3)c(Cl)cc2Cl)c(F)c1. The summed E-state index contributed by atoms with van der Waals surface area (Å²) in [6.45, 7) is 2.61. The van der Waals surface area contributed by atoms with Gasteiger partial charge in [0.25, 0.3) is 5.91 Å². The largest absolute Gasteiger partial charge is 0.379 e. The van der Waals surface area contributed by atoms with Crippen molar-refractivity contribution in [1.29, 1.82) is 0 Å². The molecule has 0 bridgehead atoms. The van der Waals surface area contributed by atoms with Crippen LogP contribution in [0, 0.1) is 12.7 Å². The highest BCUT2D eigenvalue weighted by molar-refractivity contribution is 7.89. The van der Waals surface area contributed by atoms with Crippen LogP contribution in [0.5, 0.6) is 0 Å². The van der Waals surface area contributed by atoms with Gasteiger partial charge >= 0.3 is 0 Å². The second-order valence-electron chi connectivity index (χ2n) is 6.22. The first kappa shape index (κ1) is 21.0. The van der Waals surface area contributed by atoms with Crippen LogP contribution in [0.2, 0.25) is 10.0 Å². The molecule has 10 heteroatoms. The molecule has 1 aliphatic rings. The smallest absolute Gasteiger partial charge is 0.257 e. The molecular formula is C18H17Cl2FN2O4S. The lowest BCUT2D eigenvalue weighted by Gasteiger charge is -2.26. The summed E-state index contributed by atoms with van der Waals surface area (Å²) in [5, 5.41) is 2.25. The molecule has 1 aliphatic heterocycles. The molecule has 0 saturated carbocycles. The average molecular weight is 447 g/mol. The van der Waals surface area contributed by atoms with Gasteiger partial charge in [0, 0.05) is 13.1 Å². The number of carbonyl (C=O) groups is 1. The zero-order valence-electron chi connectivity index (χ0n) is 14.8. The van der Waals surface area contributed by atoms with Gasteiger partial charge in [0.1, 0.15) is 10.7 Å². The molecule has 0 aromatic heterocycles. The Hall–Kier alpha value is -1.71. The molecule has 1 saturated heterocycles. The van der Waals surface area contributed by atoms with E-state index in [1.165, 1.54) is 22.5 Å². The molecule has 0 spiro atoms. The molecule has 2 aromatic carbocycles. The fraction of sp³-hybridized carbons (Fsp3) is 0.278. The van der Waals surface area contributed by atoms with E-state index in [1.807, 2.05) is 0 Å². The molecule has 1 fully saturated rings. The number of hydrogen-bond donors (Lipinski definition) is 1. The molecule has 3 rings (SSSR count). The molecule has 1 N–H and O–H groups in total. The maximum atomic E-state index is 14.0. The highest BCUT2D eigenvalue weighted by atomic mass is 35.5. The van der Waals surface area contributed by atoms with E-state index in [0.717, 1.165) is 6.07 Å². The molecule has 0 atom stereocenters. The molecule has 2 aromatic rings. The number of hydrogen-bond acceptors (Lipinski definition) is 4. The van der Waals surface area contributed by atoms with E-state index >= 15 is 0 Å². The molecule has 150 valence electrons. The monoisotopic (exact) mass is 446 g/mol. The summed E-state index contributed by atoms with van der Waals surface area (Å²) in [4.78, 5) is 12.4. The number of benzene rings is 2. The van der Waals surface area contributed by atoms with Gasteiger partial charge in [-0.3, -0.25) is 4.79 Å². The van der Waals surface area contributed by atoms with Crippen LogP contribution < -0.4 is 5.32 Å². The fourth-order valence-corrected chi connectivity index (χ4v) is 4.98. The Morgan fingerprint density at radius 1 is 1.14 bits per heavy atom. The number of nitrogens with one attached hydrogen (secondary N) is 1. The predicted molar refractivity (Wildman–Crippen MR) is 105 cm³/mol. The lowest BCUT2D eigenvalue weighted by molar-refractivity contribution is 0.0730. The number of amides is 1. The van der Waals surface area contributed by atoms with Crippen LogP contribution in [0.25, 0.3) is 0 Å². The van der Waals surface area contributed by atoms with Crippen molar-refractivity contribution in [3.05, 3.63) is 57.3 Å². The normalized spacial score (nSPS) is 15.4. The maximum absolute atomic E-state index is 14.0. The summed E-state index contributed by atoms with van der Waals surface area (Å²) in [5.74, 6) is -1.36. The van der Waals surface area contributed by atoms with E-state index in [0.29, 0.717) is 5.56 Å². The van der Waals surface area contributed by atoms with Crippen molar-refractivity contribution in [3.8, 4) is 0 Å². The molecular weight excluding hydrogens is 430 g/mol. The third-order valence-electron chi connectivity index (χ3n) is 4.23. The van der Waals surface area contributed by atoms with Crippen LogP contribution >= 0.6 is 23.2 Å². The number of rotatable bonds is 4. The molecule has 0 aliphatic carbocycles. The zero-order chi connectivity index (χ0) is 20.5. The molecule has 6 nitrogen and oxygen atoms in total. The van der Waals surface area contributed by atoms with Crippen LogP contribution in [0.15, 0.2) is 35.2 Å². The van der Waals surface area contributed by atoms with Crippen LogP contribution in [0.4, 0.5) is 10.1 Å². The summed E-state index contributed by atoms with van der Waals surface area (Å²) < 4.78 is 46.2. The van der Waals surface area contributed by atoms with Crippen molar-refractivity contribution in [2.75, 3.05) is 31.6 Å². The quantitative estimate of drug-likeness (QED) is 0.776. The van der Waals surface area contributed by atoms with Gasteiger partial charge in [-0.05, 0) is 36.8 Å². The summed E-state index contributed by atoms with van der Waals surface area (Å²) in [5.41, 5.74) is 0.524. The Labute approximate surface area is 172 Å². The standard InChI is InChI=1S/C18H17Cl2FN2O4S/c1-11-2-3-16(15(21)8-11)22-18(24)12-9-17(14(20)10-13(12)19)28(25,26)23-4-6-27-7-5-23/h2-3,8-10H,4-7H2,1H3,(H,22,24). The number of halogens is 3. The Kier molecular flexibility index (Phi) is 6.26. The number of morpholine rings is 1. The first-order valence-corrected chi connectivity index (χ1v) is 10.5. The lowest BCUT2D eigenvalue weighted by Crippen LogP contribution is -2.40. The highest BCUT2D eigenvalue weighted by Crippen LogP contribution is 2.31. The van der Waals surface area contributed by atoms with Crippen molar-refractivity contribution in [2.24, 2.45) is 0 Å². The fourth-order valence-electron chi connectivity index (χ4n) is 2.74. The van der Waals surface area contributed by atoms with Gasteiger partial charge < -0.3 is 10.1 Å². The molecule has 1 amide bonds. The second kappa shape index (κ2) is 8.34.